The molecule has 2 unspecified atom stereocenters. The van der Waals surface area contributed by atoms with Crippen LogP contribution in [0.2, 0.25) is 5.02 Å². The van der Waals surface area contributed by atoms with Crippen molar-refractivity contribution in [1.82, 2.24) is 5.32 Å². The van der Waals surface area contributed by atoms with Crippen molar-refractivity contribution in [1.29, 1.82) is 0 Å². The van der Waals surface area contributed by atoms with Crippen LogP contribution < -0.4 is 5.32 Å². The summed E-state index contributed by atoms with van der Waals surface area (Å²) in [6.07, 6.45) is 2.12. The predicted octanol–water partition coefficient (Wildman–Crippen LogP) is 2.14. The van der Waals surface area contributed by atoms with Crippen molar-refractivity contribution in [2.45, 2.75) is 18.6 Å². The number of nitro groups is 1. The Morgan fingerprint density at radius 2 is 2.20 bits per heavy atom. The van der Waals surface area contributed by atoms with E-state index in [-0.39, 0.29) is 21.5 Å². The zero-order valence-electron chi connectivity index (χ0n) is 11.1. The summed E-state index contributed by atoms with van der Waals surface area (Å²) in [5.41, 5.74) is -0.369. The number of nitrogens with one attached hydrogen (secondary N) is 1. The zero-order valence-corrected chi connectivity index (χ0v) is 12.7. The van der Waals surface area contributed by atoms with Crippen LogP contribution in [-0.4, -0.2) is 33.1 Å². The predicted molar refractivity (Wildman–Crippen MR) is 78.6 cm³/mol. The SMILES string of the molecule is CC(CCNC(=O)c1cc(Cl)ccc1[N+](=O)[O-])S(C)=O. The molecule has 1 aromatic rings. The zero-order chi connectivity index (χ0) is 15.3. The lowest BCUT2D eigenvalue weighted by Gasteiger charge is -2.09. The summed E-state index contributed by atoms with van der Waals surface area (Å²) in [4.78, 5) is 22.1. The Morgan fingerprint density at radius 1 is 1.55 bits per heavy atom. The summed E-state index contributed by atoms with van der Waals surface area (Å²) >= 11 is 5.75. The molecule has 1 aromatic carbocycles. The highest BCUT2D eigenvalue weighted by atomic mass is 35.5. The molecule has 0 fully saturated rings. The van der Waals surface area contributed by atoms with Gasteiger partial charge in [0.25, 0.3) is 11.6 Å². The number of nitro benzene ring substituents is 1. The average molecular weight is 319 g/mol. The number of nitrogens with zero attached hydrogens (tertiary/aromatic N) is 1. The van der Waals surface area contributed by atoms with Crippen LogP contribution in [0.4, 0.5) is 5.69 Å². The van der Waals surface area contributed by atoms with Gasteiger partial charge >= 0.3 is 0 Å². The van der Waals surface area contributed by atoms with Gasteiger partial charge in [-0.1, -0.05) is 18.5 Å². The van der Waals surface area contributed by atoms with Crippen LogP contribution in [-0.2, 0) is 10.8 Å². The molecule has 0 aliphatic heterocycles. The summed E-state index contributed by atoms with van der Waals surface area (Å²) in [6, 6.07) is 3.82. The van der Waals surface area contributed by atoms with Gasteiger partial charge in [-0.3, -0.25) is 19.1 Å². The minimum absolute atomic E-state index is 0.0513. The summed E-state index contributed by atoms with van der Waals surface area (Å²) in [5.74, 6) is -0.562. The van der Waals surface area contributed by atoms with E-state index < -0.39 is 21.6 Å². The first-order chi connectivity index (χ1) is 9.32. The van der Waals surface area contributed by atoms with Crippen molar-refractivity contribution < 1.29 is 13.9 Å². The summed E-state index contributed by atoms with van der Waals surface area (Å²) < 4.78 is 11.2. The van der Waals surface area contributed by atoms with E-state index in [0.717, 1.165) is 0 Å². The van der Waals surface area contributed by atoms with Gasteiger partial charge in [-0.05, 0) is 18.6 Å². The topological polar surface area (TPSA) is 89.3 Å². The maximum absolute atomic E-state index is 11.9. The maximum atomic E-state index is 11.9. The maximum Gasteiger partial charge on any atom is 0.282 e. The first kappa shape index (κ1) is 16.6. The molecule has 1 N–H and O–H groups in total. The van der Waals surface area contributed by atoms with Gasteiger partial charge in [0.2, 0.25) is 0 Å². The number of carbonyl (C=O) groups excluding carboxylic acids is 1. The molecule has 20 heavy (non-hydrogen) atoms. The van der Waals surface area contributed by atoms with E-state index in [1.807, 2.05) is 6.92 Å². The van der Waals surface area contributed by atoms with Crippen LogP contribution in [0.1, 0.15) is 23.7 Å². The average Bonchev–Trinajstić information content (AvgIpc) is 2.37. The van der Waals surface area contributed by atoms with Crippen LogP contribution in [0.5, 0.6) is 0 Å². The van der Waals surface area contributed by atoms with E-state index in [1.165, 1.54) is 18.2 Å². The van der Waals surface area contributed by atoms with E-state index in [2.05, 4.69) is 5.32 Å². The third-order valence-corrected chi connectivity index (χ3v) is 4.41. The Bertz CT molecular complexity index is 550. The molecule has 1 rings (SSSR count). The second-order valence-electron chi connectivity index (χ2n) is 4.27. The normalized spacial score (nSPS) is 13.6. The van der Waals surface area contributed by atoms with Gasteiger partial charge in [-0.2, -0.15) is 0 Å². The molecular weight excluding hydrogens is 304 g/mol. The molecule has 0 spiro atoms. The van der Waals surface area contributed by atoms with E-state index >= 15 is 0 Å². The van der Waals surface area contributed by atoms with Gasteiger partial charge in [0.1, 0.15) is 5.56 Å². The van der Waals surface area contributed by atoms with Crippen LogP contribution in [0, 0.1) is 10.1 Å². The molecule has 0 heterocycles. The van der Waals surface area contributed by atoms with Crippen LogP contribution in [0.15, 0.2) is 18.2 Å². The summed E-state index contributed by atoms with van der Waals surface area (Å²) in [7, 11) is -0.966. The quantitative estimate of drug-likeness (QED) is 0.642. The first-order valence-corrected chi connectivity index (χ1v) is 7.87. The molecule has 0 aliphatic carbocycles. The fourth-order valence-electron chi connectivity index (χ4n) is 1.50. The molecule has 110 valence electrons. The second kappa shape index (κ2) is 7.35. The fraction of sp³-hybridized carbons (Fsp3) is 0.417. The molecule has 2 atom stereocenters. The van der Waals surface area contributed by atoms with Crippen molar-refractivity contribution in [3.05, 3.63) is 38.9 Å². The highest BCUT2D eigenvalue weighted by Crippen LogP contribution is 2.22. The third-order valence-electron chi connectivity index (χ3n) is 2.80. The lowest BCUT2D eigenvalue weighted by Crippen LogP contribution is -2.28. The highest BCUT2D eigenvalue weighted by molar-refractivity contribution is 7.84. The van der Waals surface area contributed by atoms with E-state index in [0.29, 0.717) is 13.0 Å². The molecule has 1 amide bonds. The molecule has 0 saturated carbocycles. The Labute approximate surface area is 124 Å². The summed E-state index contributed by atoms with van der Waals surface area (Å²) in [5, 5.41) is 13.6. The Hall–Kier alpha value is -1.47. The van der Waals surface area contributed by atoms with Gasteiger partial charge in [-0.15, -0.1) is 0 Å². The van der Waals surface area contributed by atoms with Crippen molar-refractivity contribution in [2.24, 2.45) is 0 Å². The molecular formula is C12H15ClN2O4S. The fourth-order valence-corrected chi connectivity index (χ4v) is 2.12. The molecule has 8 heteroatoms. The lowest BCUT2D eigenvalue weighted by atomic mass is 10.1. The molecule has 0 aliphatic rings. The number of carbonyl (C=O) groups is 1. The Morgan fingerprint density at radius 3 is 2.75 bits per heavy atom. The number of benzene rings is 1. The van der Waals surface area contributed by atoms with Gasteiger partial charge in [0, 0.05) is 39.9 Å². The number of amides is 1. The second-order valence-corrected chi connectivity index (χ2v) is 6.51. The molecule has 0 bridgehead atoms. The van der Waals surface area contributed by atoms with E-state index in [4.69, 9.17) is 11.6 Å². The number of hydrogen-bond acceptors (Lipinski definition) is 4. The van der Waals surface area contributed by atoms with Crippen LogP contribution in [0.25, 0.3) is 0 Å². The Balaban J connectivity index is 2.75. The van der Waals surface area contributed by atoms with Crippen molar-refractivity contribution in [3.63, 3.8) is 0 Å². The van der Waals surface area contributed by atoms with E-state index in [9.17, 15) is 19.1 Å². The highest BCUT2D eigenvalue weighted by Gasteiger charge is 2.20. The van der Waals surface area contributed by atoms with Gasteiger partial charge in [0.05, 0.1) is 4.92 Å². The lowest BCUT2D eigenvalue weighted by molar-refractivity contribution is -0.385. The van der Waals surface area contributed by atoms with Gasteiger partial charge in [-0.25, -0.2) is 0 Å². The molecule has 6 nitrogen and oxygen atoms in total. The third kappa shape index (κ3) is 4.57. The largest absolute Gasteiger partial charge is 0.352 e. The standard InChI is InChI=1S/C12H15ClN2O4S/c1-8(20(2)19)5-6-14-12(16)10-7-9(13)3-4-11(10)15(17)18/h3-4,7-8H,5-6H2,1-2H3,(H,14,16). The first-order valence-electron chi connectivity index (χ1n) is 5.87. The Kier molecular flexibility index (Phi) is 6.09. The minimum Gasteiger partial charge on any atom is -0.352 e. The molecule has 0 saturated heterocycles. The van der Waals surface area contributed by atoms with Gasteiger partial charge < -0.3 is 5.32 Å². The minimum atomic E-state index is -0.966. The molecule has 0 radical (unpaired) electrons. The monoisotopic (exact) mass is 318 g/mol. The van der Waals surface area contributed by atoms with Crippen molar-refractivity contribution in [3.8, 4) is 0 Å². The van der Waals surface area contributed by atoms with Crippen LogP contribution in [0.3, 0.4) is 0 Å². The number of rotatable bonds is 6. The number of halogens is 1. The van der Waals surface area contributed by atoms with E-state index in [1.54, 1.807) is 6.26 Å². The van der Waals surface area contributed by atoms with Gasteiger partial charge in [0.15, 0.2) is 0 Å². The summed E-state index contributed by atoms with van der Waals surface area (Å²) in [6.45, 7) is 2.10. The van der Waals surface area contributed by atoms with Crippen molar-refractivity contribution in [2.75, 3.05) is 12.8 Å². The number of hydrogen-bond donors (Lipinski definition) is 1. The molecule has 0 aromatic heterocycles. The van der Waals surface area contributed by atoms with Crippen molar-refractivity contribution >= 4 is 34.0 Å². The van der Waals surface area contributed by atoms with Crippen LogP contribution >= 0.6 is 11.6 Å². The smallest absolute Gasteiger partial charge is 0.282 e.